The van der Waals surface area contributed by atoms with Crippen molar-refractivity contribution in [2.45, 2.75) is 26.7 Å². The van der Waals surface area contributed by atoms with Gasteiger partial charge in [0.2, 0.25) is 0 Å². The highest BCUT2D eigenvalue weighted by Gasteiger charge is 2.07. The van der Waals surface area contributed by atoms with Crippen molar-refractivity contribution in [2.75, 3.05) is 0 Å². The summed E-state index contributed by atoms with van der Waals surface area (Å²) in [4.78, 5) is 0. The second kappa shape index (κ2) is 5.72. The van der Waals surface area contributed by atoms with Crippen LogP contribution < -0.4 is 5.73 Å². The summed E-state index contributed by atoms with van der Waals surface area (Å²) in [6.45, 7) is 4.32. The van der Waals surface area contributed by atoms with E-state index >= 15 is 0 Å². The predicted octanol–water partition coefficient (Wildman–Crippen LogP) is 3.82. The van der Waals surface area contributed by atoms with Crippen LogP contribution in [0.4, 0.5) is 0 Å². The number of hydrogen-bond donors (Lipinski definition) is 1. The first kappa shape index (κ1) is 12.7. The minimum Gasteiger partial charge on any atom is -0.399 e. The van der Waals surface area contributed by atoms with Crippen LogP contribution in [-0.4, -0.2) is 0 Å². The molecule has 1 aliphatic rings. The van der Waals surface area contributed by atoms with Crippen molar-refractivity contribution >= 4 is 0 Å². The van der Waals surface area contributed by atoms with Gasteiger partial charge in [-0.15, -0.1) is 0 Å². The molecule has 0 aromatic heterocycles. The molecule has 0 atom stereocenters. The maximum absolute atomic E-state index is 5.94. The smallest absolute Gasteiger partial charge is 0.0270 e. The van der Waals surface area contributed by atoms with E-state index in [4.69, 9.17) is 5.73 Å². The molecule has 0 radical (unpaired) electrons. The van der Waals surface area contributed by atoms with Crippen LogP contribution in [0.3, 0.4) is 0 Å². The fourth-order valence-corrected chi connectivity index (χ4v) is 2.06. The summed E-state index contributed by atoms with van der Waals surface area (Å²) in [5.41, 5.74) is 10.9. The summed E-state index contributed by atoms with van der Waals surface area (Å²) in [6.07, 6.45) is 12.7. The molecule has 0 spiro atoms. The van der Waals surface area contributed by atoms with Gasteiger partial charge in [0.05, 0.1) is 0 Å². The average Bonchev–Trinajstić information content (AvgIpc) is 3.14. The van der Waals surface area contributed by atoms with Crippen LogP contribution in [0.15, 0.2) is 54.3 Å². The molecule has 0 fully saturated rings. The van der Waals surface area contributed by atoms with Crippen LogP contribution >= 0.6 is 0 Å². The highest BCUT2D eigenvalue weighted by Crippen LogP contribution is 2.20. The lowest BCUT2D eigenvalue weighted by Gasteiger charge is -2.06. The van der Waals surface area contributed by atoms with E-state index in [1.807, 2.05) is 6.08 Å². The zero-order valence-corrected chi connectivity index (χ0v) is 11.2. The molecule has 2 N–H and O–H groups in total. The molecule has 0 unspecified atom stereocenters. The maximum atomic E-state index is 5.94. The topological polar surface area (TPSA) is 26.0 Å². The molecule has 2 rings (SSSR count). The molecule has 1 aromatic rings. The van der Waals surface area contributed by atoms with E-state index in [-0.39, 0.29) is 0 Å². The summed E-state index contributed by atoms with van der Waals surface area (Å²) < 4.78 is 0. The Morgan fingerprint density at radius 3 is 2.50 bits per heavy atom. The molecular weight excluding hydrogens is 218 g/mol. The molecule has 0 heterocycles. The number of hydrogen-bond acceptors (Lipinski definition) is 1. The van der Waals surface area contributed by atoms with Crippen LogP contribution in [0.5, 0.6) is 0 Å². The first-order valence-corrected chi connectivity index (χ1v) is 6.52. The Kier molecular flexibility index (Phi) is 4.03. The average molecular weight is 239 g/mol. The fourth-order valence-electron chi connectivity index (χ4n) is 2.06. The lowest BCUT2D eigenvalue weighted by atomic mass is 10.00. The second-order valence-corrected chi connectivity index (χ2v) is 4.97. The van der Waals surface area contributed by atoms with Crippen molar-refractivity contribution in [1.82, 2.24) is 0 Å². The summed E-state index contributed by atoms with van der Waals surface area (Å²) in [5.74, 6) is 0.663. The van der Waals surface area contributed by atoms with Gasteiger partial charge in [0.25, 0.3) is 0 Å². The molecule has 0 aliphatic heterocycles. The molecule has 0 amide bonds. The summed E-state index contributed by atoms with van der Waals surface area (Å²) in [7, 11) is 0. The third kappa shape index (κ3) is 3.63. The van der Waals surface area contributed by atoms with E-state index in [0.717, 1.165) is 18.5 Å². The van der Waals surface area contributed by atoms with Gasteiger partial charge < -0.3 is 5.73 Å². The third-order valence-electron chi connectivity index (χ3n) is 3.37. The summed E-state index contributed by atoms with van der Waals surface area (Å²) in [6, 6.07) is 6.43. The lowest BCUT2D eigenvalue weighted by Crippen LogP contribution is -1.95. The van der Waals surface area contributed by atoms with Crippen molar-refractivity contribution in [3.05, 3.63) is 71.0 Å². The largest absolute Gasteiger partial charge is 0.399 e. The summed E-state index contributed by atoms with van der Waals surface area (Å²) in [5, 5.41) is 0. The number of nitrogens with two attached hydrogens (primary N) is 1. The van der Waals surface area contributed by atoms with E-state index in [1.165, 1.54) is 16.7 Å². The van der Waals surface area contributed by atoms with Gasteiger partial charge in [-0.1, -0.05) is 42.5 Å². The standard InChI is InChI=1S/C17H21N/c1-13-5-3-6-14(2)17(13)8-4-7-16(18)12-11-15-9-10-15/h3-7,9-10,12,15H,8,11,18H2,1-2H3/b7-4-,16-12+. The van der Waals surface area contributed by atoms with Crippen LogP contribution in [0.2, 0.25) is 0 Å². The summed E-state index contributed by atoms with van der Waals surface area (Å²) >= 11 is 0. The van der Waals surface area contributed by atoms with Crippen LogP contribution in [0, 0.1) is 19.8 Å². The van der Waals surface area contributed by atoms with Crippen molar-refractivity contribution in [3.8, 4) is 0 Å². The minimum absolute atomic E-state index is 0.663. The number of rotatable bonds is 5. The van der Waals surface area contributed by atoms with Crippen molar-refractivity contribution in [2.24, 2.45) is 11.7 Å². The maximum Gasteiger partial charge on any atom is 0.0270 e. The molecule has 1 nitrogen and oxygen atoms in total. The Morgan fingerprint density at radius 2 is 1.89 bits per heavy atom. The quantitative estimate of drug-likeness (QED) is 0.613. The van der Waals surface area contributed by atoms with Gasteiger partial charge in [-0.2, -0.15) is 0 Å². The number of aryl methyl sites for hydroxylation is 2. The number of benzene rings is 1. The molecule has 1 aromatic carbocycles. The van der Waals surface area contributed by atoms with E-state index in [1.54, 1.807) is 0 Å². The molecule has 1 aliphatic carbocycles. The van der Waals surface area contributed by atoms with E-state index in [0.29, 0.717) is 5.92 Å². The second-order valence-electron chi connectivity index (χ2n) is 4.97. The van der Waals surface area contributed by atoms with Gasteiger partial charge in [-0.25, -0.2) is 0 Å². The van der Waals surface area contributed by atoms with Crippen molar-refractivity contribution in [3.63, 3.8) is 0 Å². The first-order chi connectivity index (χ1) is 8.66. The third-order valence-corrected chi connectivity index (χ3v) is 3.37. The molecular formula is C17H21N. The molecule has 0 saturated heterocycles. The molecule has 0 bridgehead atoms. The zero-order valence-electron chi connectivity index (χ0n) is 11.2. The van der Waals surface area contributed by atoms with Crippen LogP contribution in [-0.2, 0) is 6.42 Å². The van der Waals surface area contributed by atoms with Crippen LogP contribution in [0.25, 0.3) is 0 Å². The van der Waals surface area contributed by atoms with Gasteiger partial charge in [0.15, 0.2) is 0 Å². The monoisotopic (exact) mass is 239 g/mol. The van der Waals surface area contributed by atoms with Gasteiger partial charge in [-0.3, -0.25) is 0 Å². The Morgan fingerprint density at radius 1 is 1.22 bits per heavy atom. The Balaban J connectivity index is 1.91. The predicted molar refractivity (Wildman–Crippen MR) is 78.3 cm³/mol. The van der Waals surface area contributed by atoms with Gasteiger partial charge in [-0.05, 0) is 55.4 Å². The van der Waals surface area contributed by atoms with Gasteiger partial charge in [0, 0.05) is 5.70 Å². The van der Waals surface area contributed by atoms with E-state index in [9.17, 15) is 0 Å². The number of allylic oxidation sites excluding steroid dienone is 5. The highest BCUT2D eigenvalue weighted by molar-refractivity contribution is 5.35. The molecule has 18 heavy (non-hydrogen) atoms. The lowest BCUT2D eigenvalue weighted by molar-refractivity contribution is 0.933. The van der Waals surface area contributed by atoms with E-state index < -0.39 is 0 Å². The molecule has 94 valence electrons. The molecule has 0 saturated carbocycles. The fraction of sp³-hybridized carbons (Fsp3) is 0.294. The van der Waals surface area contributed by atoms with Gasteiger partial charge >= 0.3 is 0 Å². The normalized spacial score (nSPS) is 15.6. The van der Waals surface area contributed by atoms with E-state index in [2.05, 4.69) is 56.4 Å². The SMILES string of the molecule is Cc1cccc(C)c1C/C=C\C(N)=C/CC1C=C1. The Bertz CT molecular complexity index is 480. The van der Waals surface area contributed by atoms with Crippen molar-refractivity contribution in [1.29, 1.82) is 0 Å². The molecule has 1 heteroatoms. The Hall–Kier alpha value is -1.76. The van der Waals surface area contributed by atoms with Gasteiger partial charge in [0.1, 0.15) is 0 Å². The highest BCUT2D eigenvalue weighted by atomic mass is 14.5. The zero-order chi connectivity index (χ0) is 13.0. The van der Waals surface area contributed by atoms with Crippen molar-refractivity contribution < 1.29 is 0 Å². The first-order valence-electron chi connectivity index (χ1n) is 6.52. The van der Waals surface area contributed by atoms with Crippen LogP contribution in [0.1, 0.15) is 23.1 Å². The minimum atomic E-state index is 0.663. The Labute approximate surface area is 110 Å².